The normalized spacial score (nSPS) is 23.8. The molecular weight excluding hydrogens is 398 g/mol. The third-order valence-corrected chi connectivity index (χ3v) is 5.63. The van der Waals surface area contributed by atoms with Crippen LogP contribution in [0.2, 0.25) is 0 Å². The van der Waals surface area contributed by atoms with Crippen LogP contribution in [0, 0.1) is 0 Å². The van der Waals surface area contributed by atoms with Crippen LogP contribution in [0.4, 0.5) is 4.79 Å². The lowest BCUT2D eigenvalue weighted by atomic mass is 10.2. The predicted octanol–water partition coefficient (Wildman–Crippen LogP) is 3.24. The Bertz CT molecular complexity index is 557. The minimum absolute atomic E-state index is 0.124. The van der Waals surface area contributed by atoms with Gasteiger partial charge in [-0.1, -0.05) is 6.08 Å². The number of allylic oxidation sites excluding steroid dienone is 1. The molecule has 0 aromatic carbocycles. The molecule has 0 aromatic heterocycles. The Morgan fingerprint density at radius 1 is 1.38 bits per heavy atom. The number of thioether (sulfide) groups is 1. The number of nitrogens with zero attached hydrogens (tertiary/aromatic N) is 1. The van der Waals surface area contributed by atoms with Crippen LogP contribution in [0.3, 0.4) is 0 Å². The molecule has 2 heterocycles. The summed E-state index contributed by atoms with van der Waals surface area (Å²) in [6.45, 7) is 5.52. The largest absolute Gasteiger partial charge is 0.456 e. The van der Waals surface area contributed by atoms with E-state index < -0.39 is 23.7 Å². The zero-order valence-electron chi connectivity index (χ0n) is 14.0. The molecule has 1 saturated heterocycles. The SMILES string of the molecule is CC(C)(C)OC(=O)N1CCC[C@H]1C(=O)OCC(=O)C1CC=C(Br)S1. The van der Waals surface area contributed by atoms with E-state index in [4.69, 9.17) is 9.47 Å². The number of likely N-dealkylation sites (tertiary alicyclic amines) is 1. The van der Waals surface area contributed by atoms with E-state index in [2.05, 4.69) is 15.9 Å². The highest BCUT2D eigenvalue weighted by molar-refractivity contribution is 9.14. The molecule has 1 amide bonds. The zero-order valence-corrected chi connectivity index (χ0v) is 16.4. The first-order chi connectivity index (χ1) is 11.2. The molecule has 2 rings (SSSR count). The van der Waals surface area contributed by atoms with Crippen LogP contribution in [0.5, 0.6) is 0 Å². The van der Waals surface area contributed by atoms with Crippen LogP contribution in [0.1, 0.15) is 40.0 Å². The minimum atomic E-state index is -0.672. The number of ether oxygens (including phenoxy) is 2. The van der Waals surface area contributed by atoms with Gasteiger partial charge in [0, 0.05) is 10.4 Å². The summed E-state index contributed by atoms with van der Waals surface area (Å²) in [7, 11) is 0. The number of ketones is 1. The predicted molar refractivity (Wildman–Crippen MR) is 94.9 cm³/mol. The number of rotatable bonds is 4. The van der Waals surface area contributed by atoms with Gasteiger partial charge in [0.05, 0.1) is 5.25 Å². The number of esters is 1. The molecule has 2 aliphatic heterocycles. The highest BCUT2D eigenvalue weighted by atomic mass is 79.9. The summed E-state index contributed by atoms with van der Waals surface area (Å²) in [6, 6.07) is -0.672. The summed E-state index contributed by atoms with van der Waals surface area (Å²) < 4.78 is 11.4. The van der Waals surface area contributed by atoms with Gasteiger partial charge < -0.3 is 9.47 Å². The van der Waals surface area contributed by atoms with Crippen molar-refractivity contribution in [2.75, 3.05) is 13.2 Å². The average Bonchev–Trinajstić information content (AvgIpc) is 3.11. The summed E-state index contributed by atoms with van der Waals surface area (Å²) in [5, 5.41) is -0.210. The number of carbonyl (C=O) groups is 3. The van der Waals surface area contributed by atoms with Gasteiger partial charge >= 0.3 is 12.1 Å². The molecule has 1 unspecified atom stereocenters. The number of halogens is 1. The first kappa shape index (κ1) is 19.3. The summed E-state index contributed by atoms with van der Waals surface area (Å²) in [6.07, 6.45) is 3.28. The average molecular weight is 420 g/mol. The van der Waals surface area contributed by atoms with Crippen LogP contribution in [0.25, 0.3) is 0 Å². The maximum absolute atomic E-state index is 12.3. The second kappa shape index (κ2) is 7.91. The number of hydrogen-bond donors (Lipinski definition) is 0. The molecule has 0 aliphatic carbocycles. The maximum Gasteiger partial charge on any atom is 0.411 e. The van der Waals surface area contributed by atoms with Gasteiger partial charge in [0.2, 0.25) is 0 Å². The van der Waals surface area contributed by atoms with Gasteiger partial charge in [-0.25, -0.2) is 9.59 Å². The van der Waals surface area contributed by atoms with Gasteiger partial charge in [-0.3, -0.25) is 9.69 Å². The number of amides is 1. The third-order valence-electron chi connectivity index (χ3n) is 3.62. The van der Waals surface area contributed by atoms with Gasteiger partial charge in [-0.05, 0) is 56.0 Å². The standard InChI is InChI=1S/C16H22BrNO5S/c1-16(2,3)23-15(21)18-8-4-5-10(18)14(20)22-9-11(19)12-6-7-13(17)24-12/h7,10,12H,4-6,8-9H2,1-3H3/t10-,12?/m0/s1. The Morgan fingerprint density at radius 3 is 2.67 bits per heavy atom. The molecule has 1 fully saturated rings. The lowest BCUT2D eigenvalue weighted by Gasteiger charge is -2.27. The molecule has 0 radical (unpaired) electrons. The van der Waals surface area contributed by atoms with Crippen LogP contribution < -0.4 is 0 Å². The third kappa shape index (κ3) is 5.24. The Balaban J connectivity index is 1.84. The van der Waals surface area contributed by atoms with Crippen molar-refractivity contribution in [3.05, 3.63) is 9.89 Å². The van der Waals surface area contributed by atoms with Crippen molar-refractivity contribution >= 4 is 45.5 Å². The van der Waals surface area contributed by atoms with Crippen LogP contribution in [-0.4, -0.2) is 52.8 Å². The first-order valence-electron chi connectivity index (χ1n) is 7.88. The van der Waals surface area contributed by atoms with Crippen molar-refractivity contribution in [1.82, 2.24) is 4.90 Å². The highest BCUT2D eigenvalue weighted by Gasteiger charge is 2.38. The molecular formula is C16H22BrNO5S. The zero-order chi connectivity index (χ0) is 17.9. The van der Waals surface area contributed by atoms with Gasteiger partial charge in [0.15, 0.2) is 12.4 Å². The monoisotopic (exact) mass is 419 g/mol. The van der Waals surface area contributed by atoms with Crippen molar-refractivity contribution in [2.45, 2.75) is 56.9 Å². The van der Waals surface area contributed by atoms with E-state index in [0.29, 0.717) is 25.8 Å². The van der Waals surface area contributed by atoms with E-state index in [0.717, 1.165) is 3.81 Å². The highest BCUT2D eigenvalue weighted by Crippen LogP contribution is 2.36. The molecule has 0 N–H and O–H groups in total. The fourth-order valence-electron chi connectivity index (χ4n) is 2.51. The van der Waals surface area contributed by atoms with E-state index >= 15 is 0 Å². The quantitative estimate of drug-likeness (QED) is 0.651. The number of hydrogen-bond acceptors (Lipinski definition) is 6. The topological polar surface area (TPSA) is 72.9 Å². The lowest BCUT2D eigenvalue weighted by Crippen LogP contribution is -2.44. The number of Topliss-reactive ketones (excluding diaryl/α,β-unsaturated/α-hetero) is 1. The molecule has 24 heavy (non-hydrogen) atoms. The molecule has 0 saturated carbocycles. The molecule has 2 aliphatic rings. The van der Waals surface area contributed by atoms with Crippen molar-refractivity contribution in [3.63, 3.8) is 0 Å². The van der Waals surface area contributed by atoms with Gasteiger partial charge in [0.1, 0.15) is 11.6 Å². The Hall–Kier alpha value is -1.02. The van der Waals surface area contributed by atoms with E-state index in [1.165, 1.54) is 16.7 Å². The summed E-state index contributed by atoms with van der Waals surface area (Å²) in [4.78, 5) is 37.9. The summed E-state index contributed by atoms with van der Waals surface area (Å²) in [5.41, 5.74) is -0.621. The summed E-state index contributed by atoms with van der Waals surface area (Å²) >= 11 is 4.76. The smallest absolute Gasteiger partial charge is 0.411 e. The van der Waals surface area contributed by atoms with Crippen molar-refractivity contribution in [2.24, 2.45) is 0 Å². The molecule has 2 atom stereocenters. The van der Waals surface area contributed by atoms with Crippen LogP contribution in [-0.2, 0) is 19.1 Å². The fourth-order valence-corrected chi connectivity index (χ4v) is 4.23. The van der Waals surface area contributed by atoms with Crippen molar-refractivity contribution in [3.8, 4) is 0 Å². The second-order valence-electron chi connectivity index (χ2n) is 6.76. The van der Waals surface area contributed by atoms with Crippen LogP contribution >= 0.6 is 27.7 Å². The molecule has 0 bridgehead atoms. The molecule has 0 aromatic rings. The van der Waals surface area contributed by atoms with E-state index in [1.54, 1.807) is 20.8 Å². The lowest BCUT2D eigenvalue weighted by molar-refractivity contribution is -0.152. The van der Waals surface area contributed by atoms with E-state index in [9.17, 15) is 14.4 Å². The molecule has 8 heteroatoms. The second-order valence-corrected chi connectivity index (χ2v) is 9.38. The Morgan fingerprint density at radius 2 is 2.08 bits per heavy atom. The van der Waals surface area contributed by atoms with E-state index in [1.807, 2.05) is 6.08 Å². The maximum atomic E-state index is 12.3. The van der Waals surface area contributed by atoms with Gasteiger partial charge in [-0.2, -0.15) is 0 Å². The molecule has 134 valence electrons. The number of carbonyl (C=O) groups excluding carboxylic acids is 3. The minimum Gasteiger partial charge on any atom is -0.456 e. The summed E-state index contributed by atoms with van der Waals surface area (Å²) in [5.74, 6) is -0.664. The Kier molecular flexibility index (Phi) is 6.36. The van der Waals surface area contributed by atoms with Crippen molar-refractivity contribution in [1.29, 1.82) is 0 Å². The first-order valence-corrected chi connectivity index (χ1v) is 9.56. The van der Waals surface area contributed by atoms with Crippen molar-refractivity contribution < 1.29 is 23.9 Å². The van der Waals surface area contributed by atoms with E-state index in [-0.39, 0.29) is 17.6 Å². The van der Waals surface area contributed by atoms with Crippen LogP contribution in [0.15, 0.2) is 9.89 Å². The van der Waals surface area contributed by atoms with Gasteiger partial charge in [0.25, 0.3) is 0 Å². The molecule has 6 nitrogen and oxygen atoms in total. The fraction of sp³-hybridized carbons (Fsp3) is 0.688. The van der Waals surface area contributed by atoms with Gasteiger partial charge in [-0.15, -0.1) is 11.8 Å². The molecule has 0 spiro atoms. The Labute approximate surface area is 154 Å².